The van der Waals surface area contributed by atoms with Gasteiger partial charge in [0.2, 0.25) is 0 Å². The van der Waals surface area contributed by atoms with Crippen LogP contribution in [0.1, 0.15) is 10.5 Å². The summed E-state index contributed by atoms with van der Waals surface area (Å²) >= 11 is 0. The molecule has 0 aliphatic rings. The largest absolute Gasteiger partial charge is 0.497 e. The molecule has 8 heteroatoms. The second-order valence-electron chi connectivity index (χ2n) is 4.75. The predicted octanol–water partition coefficient (Wildman–Crippen LogP) is 2.05. The third-order valence-corrected chi connectivity index (χ3v) is 3.20. The van der Waals surface area contributed by atoms with Gasteiger partial charge in [0, 0.05) is 32.1 Å². The molecule has 0 unspecified atom stereocenters. The van der Waals surface area contributed by atoms with Gasteiger partial charge in [-0.1, -0.05) is 6.07 Å². The minimum atomic E-state index is -0.175. The molecule has 0 aliphatic heterocycles. The lowest BCUT2D eigenvalue weighted by Crippen LogP contribution is -2.33. The lowest BCUT2D eigenvalue weighted by atomic mass is 10.2. The first-order valence-electron chi connectivity index (χ1n) is 7.17. The lowest BCUT2D eigenvalue weighted by molar-refractivity contribution is 0.0949. The molecule has 0 saturated heterocycles. The number of fused-ring (bicyclic) bond motifs is 1. The van der Waals surface area contributed by atoms with E-state index >= 15 is 0 Å². The molecule has 1 amide bonds. The van der Waals surface area contributed by atoms with Crippen LogP contribution >= 0.6 is 24.8 Å². The number of pyridine rings is 1. The molecule has 24 heavy (non-hydrogen) atoms. The van der Waals surface area contributed by atoms with Crippen molar-refractivity contribution in [2.24, 2.45) is 0 Å². The molecule has 0 fully saturated rings. The van der Waals surface area contributed by atoms with Gasteiger partial charge in [-0.25, -0.2) is 4.98 Å². The molecule has 0 saturated carbocycles. The minimum absolute atomic E-state index is 0. The highest BCUT2D eigenvalue weighted by molar-refractivity contribution is 5.95. The molecule has 0 spiro atoms. The summed E-state index contributed by atoms with van der Waals surface area (Å²) in [7, 11) is 3.28. The zero-order chi connectivity index (χ0) is 15.8. The SMILES string of the molecule is COCCNCCNC(=O)c1ccc2cc(OC)ccc2n1.Cl.Cl. The quantitative estimate of drug-likeness (QED) is 0.690. The van der Waals surface area contributed by atoms with E-state index in [1.165, 1.54) is 0 Å². The number of nitrogens with one attached hydrogen (secondary N) is 2. The number of aromatic nitrogens is 1. The highest BCUT2D eigenvalue weighted by atomic mass is 35.5. The average Bonchev–Trinajstić information content (AvgIpc) is 2.56. The van der Waals surface area contributed by atoms with Gasteiger partial charge in [0.05, 0.1) is 19.2 Å². The molecule has 6 nitrogen and oxygen atoms in total. The van der Waals surface area contributed by atoms with E-state index in [2.05, 4.69) is 15.6 Å². The van der Waals surface area contributed by atoms with Crippen molar-refractivity contribution >= 4 is 41.6 Å². The number of amides is 1. The summed E-state index contributed by atoms with van der Waals surface area (Å²) in [6, 6.07) is 9.16. The van der Waals surface area contributed by atoms with E-state index in [9.17, 15) is 4.79 Å². The van der Waals surface area contributed by atoms with Crippen molar-refractivity contribution in [3.63, 3.8) is 0 Å². The van der Waals surface area contributed by atoms with Crippen molar-refractivity contribution in [3.05, 3.63) is 36.0 Å². The Morgan fingerprint density at radius 3 is 2.58 bits per heavy atom. The van der Waals surface area contributed by atoms with Crippen molar-refractivity contribution in [2.75, 3.05) is 40.5 Å². The Labute approximate surface area is 154 Å². The first kappa shape index (κ1) is 22.4. The molecule has 1 aromatic carbocycles. The number of halogens is 2. The van der Waals surface area contributed by atoms with Crippen LogP contribution in [-0.4, -0.2) is 51.4 Å². The van der Waals surface area contributed by atoms with Crippen LogP contribution in [0.4, 0.5) is 0 Å². The molecule has 2 N–H and O–H groups in total. The van der Waals surface area contributed by atoms with Crippen LogP contribution in [0.5, 0.6) is 5.75 Å². The molecule has 0 radical (unpaired) electrons. The van der Waals surface area contributed by atoms with E-state index < -0.39 is 0 Å². The van der Waals surface area contributed by atoms with Gasteiger partial charge < -0.3 is 20.1 Å². The summed E-state index contributed by atoms with van der Waals surface area (Å²) in [6.45, 7) is 2.66. The third kappa shape index (κ3) is 6.49. The second kappa shape index (κ2) is 11.9. The van der Waals surface area contributed by atoms with E-state index in [1.807, 2.05) is 24.3 Å². The maximum atomic E-state index is 12.0. The Kier molecular flexibility index (Phi) is 11.1. The molecule has 134 valence electrons. The van der Waals surface area contributed by atoms with Gasteiger partial charge >= 0.3 is 0 Å². The second-order valence-corrected chi connectivity index (χ2v) is 4.75. The fourth-order valence-electron chi connectivity index (χ4n) is 2.01. The molecule has 0 atom stereocenters. The normalized spacial score (nSPS) is 9.75. The number of carbonyl (C=O) groups excluding carboxylic acids is 1. The average molecular weight is 376 g/mol. The molecule has 2 rings (SSSR count). The highest BCUT2D eigenvalue weighted by Gasteiger charge is 2.07. The third-order valence-electron chi connectivity index (χ3n) is 3.20. The van der Waals surface area contributed by atoms with Crippen molar-refractivity contribution in [3.8, 4) is 5.75 Å². The molecule has 0 aliphatic carbocycles. The summed E-state index contributed by atoms with van der Waals surface area (Å²) < 4.78 is 10.1. The Morgan fingerprint density at radius 1 is 1.08 bits per heavy atom. The maximum Gasteiger partial charge on any atom is 0.269 e. The molecule has 2 aromatic rings. The van der Waals surface area contributed by atoms with Gasteiger partial charge in [0.15, 0.2) is 0 Å². The molecule has 1 heterocycles. The smallest absolute Gasteiger partial charge is 0.269 e. The Bertz CT molecular complexity index is 641. The number of benzene rings is 1. The van der Waals surface area contributed by atoms with Crippen LogP contribution in [0, 0.1) is 0 Å². The van der Waals surface area contributed by atoms with Crippen LogP contribution in [0.15, 0.2) is 30.3 Å². The van der Waals surface area contributed by atoms with Crippen LogP contribution in [0.2, 0.25) is 0 Å². The Morgan fingerprint density at radius 2 is 1.88 bits per heavy atom. The first-order valence-corrected chi connectivity index (χ1v) is 7.17. The van der Waals surface area contributed by atoms with Gasteiger partial charge in [-0.05, 0) is 24.3 Å². The monoisotopic (exact) mass is 375 g/mol. The van der Waals surface area contributed by atoms with E-state index in [0.717, 1.165) is 23.2 Å². The predicted molar refractivity (Wildman–Crippen MR) is 99.9 cm³/mol. The zero-order valence-corrected chi connectivity index (χ0v) is 15.3. The van der Waals surface area contributed by atoms with Gasteiger partial charge in [0.25, 0.3) is 5.91 Å². The van der Waals surface area contributed by atoms with E-state index in [1.54, 1.807) is 20.3 Å². The summed E-state index contributed by atoms with van der Waals surface area (Å²) in [6.07, 6.45) is 0. The number of hydrogen-bond acceptors (Lipinski definition) is 5. The van der Waals surface area contributed by atoms with Gasteiger partial charge in [-0.2, -0.15) is 0 Å². The lowest BCUT2D eigenvalue weighted by Gasteiger charge is -2.07. The van der Waals surface area contributed by atoms with Crippen LogP contribution in [0.3, 0.4) is 0 Å². The zero-order valence-electron chi connectivity index (χ0n) is 13.7. The standard InChI is InChI=1S/C16H21N3O3.2ClH/c1-21-10-9-17-7-8-18-16(20)15-5-3-12-11-13(22-2)4-6-14(12)19-15;;/h3-6,11,17H,7-10H2,1-2H3,(H,18,20);2*1H. The summed E-state index contributed by atoms with van der Waals surface area (Å²) in [5, 5.41) is 6.94. The minimum Gasteiger partial charge on any atom is -0.497 e. The van der Waals surface area contributed by atoms with Gasteiger partial charge in [-0.3, -0.25) is 4.79 Å². The van der Waals surface area contributed by atoms with E-state index in [0.29, 0.717) is 25.4 Å². The van der Waals surface area contributed by atoms with Crippen LogP contribution in [-0.2, 0) is 4.74 Å². The van der Waals surface area contributed by atoms with Gasteiger partial charge in [0.1, 0.15) is 11.4 Å². The summed E-state index contributed by atoms with van der Waals surface area (Å²) in [5.41, 5.74) is 1.18. The first-order chi connectivity index (χ1) is 10.7. The number of hydrogen-bond donors (Lipinski definition) is 2. The number of carbonyl (C=O) groups is 1. The molecular formula is C16H23Cl2N3O3. The molecule has 1 aromatic heterocycles. The number of methoxy groups -OCH3 is 2. The number of ether oxygens (including phenoxy) is 2. The van der Waals surface area contributed by atoms with E-state index in [4.69, 9.17) is 9.47 Å². The van der Waals surface area contributed by atoms with E-state index in [-0.39, 0.29) is 30.7 Å². The van der Waals surface area contributed by atoms with Crippen LogP contribution in [0.25, 0.3) is 10.9 Å². The fourth-order valence-corrected chi connectivity index (χ4v) is 2.01. The van der Waals surface area contributed by atoms with Crippen molar-refractivity contribution in [1.82, 2.24) is 15.6 Å². The topological polar surface area (TPSA) is 72.5 Å². The summed E-state index contributed by atoms with van der Waals surface area (Å²) in [4.78, 5) is 16.4. The fraction of sp³-hybridized carbons (Fsp3) is 0.375. The van der Waals surface area contributed by atoms with Crippen molar-refractivity contribution in [1.29, 1.82) is 0 Å². The molecule has 0 bridgehead atoms. The van der Waals surface area contributed by atoms with Gasteiger partial charge in [-0.15, -0.1) is 24.8 Å². The van der Waals surface area contributed by atoms with Crippen LogP contribution < -0.4 is 15.4 Å². The number of rotatable bonds is 8. The highest BCUT2D eigenvalue weighted by Crippen LogP contribution is 2.19. The Balaban J connectivity index is 0.00000264. The maximum absolute atomic E-state index is 12.0. The van der Waals surface area contributed by atoms with Crippen molar-refractivity contribution in [2.45, 2.75) is 0 Å². The molecular weight excluding hydrogens is 353 g/mol. The number of nitrogens with zero attached hydrogens (tertiary/aromatic N) is 1. The summed E-state index contributed by atoms with van der Waals surface area (Å²) in [5.74, 6) is 0.597. The van der Waals surface area contributed by atoms with Crippen molar-refractivity contribution < 1.29 is 14.3 Å². The Hall–Kier alpha value is -1.60.